The molecule has 0 saturated carbocycles. The van der Waals surface area contributed by atoms with Crippen molar-refractivity contribution in [3.63, 3.8) is 0 Å². The summed E-state index contributed by atoms with van der Waals surface area (Å²) >= 11 is 0. The molecule has 8 nitrogen and oxygen atoms in total. The number of sulfonamides is 1. The average molecular weight is 402 g/mol. The summed E-state index contributed by atoms with van der Waals surface area (Å²) in [5, 5.41) is 12.0. The lowest BCUT2D eigenvalue weighted by Gasteiger charge is -2.22. The zero-order valence-electron chi connectivity index (χ0n) is 15.0. The molecule has 0 unspecified atom stereocenters. The Hall–Kier alpha value is -2.85. The van der Waals surface area contributed by atoms with Crippen LogP contribution in [0.5, 0.6) is 0 Å². The molecule has 1 aliphatic heterocycles. The molecule has 1 aromatic heterocycles. The number of tetrazole rings is 1. The number of hydrogen-bond donors (Lipinski definition) is 0. The fourth-order valence-electron chi connectivity index (χ4n) is 3.21. The van der Waals surface area contributed by atoms with Crippen molar-refractivity contribution in [3.8, 4) is 5.69 Å². The normalized spacial score (nSPS) is 16.1. The minimum Gasteiger partial charge on any atom is -0.338 e. The molecule has 2 heterocycles. The smallest absolute Gasteiger partial charge is 0.250 e. The first-order valence-corrected chi connectivity index (χ1v) is 10.3. The lowest BCUT2D eigenvalue weighted by atomic mass is 10.3. The standard InChI is InChI=1S/C18H19FN6O2S/c19-15-7-9-17(10-8-15)28(26,27)24-12-4-11-23(13-14-24)18-20-21-22-25(18)16-5-2-1-3-6-16/h1-3,5-10H,4,11-14H2. The molecule has 0 atom stereocenters. The summed E-state index contributed by atoms with van der Waals surface area (Å²) in [5.74, 6) is 0.112. The quantitative estimate of drug-likeness (QED) is 0.661. The summed E-state index contributed by atoms with van der Waals surface area (Å²) in [6.07, 6.45) is 0.627. The first-order valence-electron chi connectivity index (χ1n) is 8.90. The SMILES string of the molecule is O=S(=O)(c1ccc(F)cc1)N1CCCN(c2nnnn2-c2ccccc2)CC1. The molecule has 1 saturated heterocycles. The van der Waals surface area contributed by atoms with Crippen molar-refractivity contribution in [1.82, 2.24) is 24.5 Å². The van der Waals surface area contributed by atoms with E-state index in [9.17, 15) is 12.8 Å². The van der Waals surface area contributed by atoms with Crippen LogP contribution in [0.3, 0.4) is 0 Å². The van der Waals surface area contributed by atoms with Crippen molar-refractivity contribution in [2.45, 2.75) is 11.3 Å². The van der Waals surface area contributed by atoms with Gasteiger partial charge in [-0.2, -0.15) is 8.99 Å². The van der Waals surface area contributed by atoms with Crippen LogP contribution in [-0.2, 0) is 10.0 Å². The Bertz CT molecular complexity index is 1040. The first-order chi connectivity index (χ1) is 13.6. The molecule has 0 radical (unpaired) electrons. The Morgan fingerprint density at radius 1 is 0.893 bits per heavy atom. The van der Waals surface area contributed by atoms with E-state index in [0.29, 0.717) is 38.5 Å². The van der Waals surface area contributed by atoms with Gasteiger partial charge >= 0.3 is 0 Å². The molecule has 146 valence electrons. The van der Waals surface area contributed by atoms with Gasteiger partial charge in [0.15, 0.2) is 0 Å². The highest BCUT2D eigenvalue weighted by Gasteiger charge is 2.28. The number of benzene rings is 2. The van der Waals surface area contributed by atoms with Crippen molar-refractivity contribution < 1.29 is 12.8 Å². The molecule has 4 rings (SSSR count). The second-order valence-corrected chi connectivity index (χ2v) is 8.36. The van der Waals surface area contributed by atoms with Crippen LogP contribution in [0.2, 0.25) is 0 Å². The van der Waals surface area contributed by atoms with Gasteiger partial charge in [0.05, 0.1) is 10.6 Å². The van der Waals surface area contributed by atoms with E-state index < -0.39 is 15.8 Å². The Morgan fingerprint density at radius 3 is 2.39 bits per heavy atom. The second-order valence-electron chi connectivity index (χ2n) is 6.42. The van der Waals surface area contributed by atoms with Crippen LogP contribution in [0.4, 0.5) is 10.3 Å². The second kappa shape index (κ2) is 7.64. The van der Waals surface area contributed by atoms with E-state index in [4.69, 9.17) is 0 Å². The van der Waals surface area contributed by atoms with Crippen LogP contribution >= 0.6 is 0 Å². The highest BCUT2D eigenvalue weighted by Crippen LogP contribution is 2.21. The third-order valence-electron chi connectivity index (χ3n) is 4.64. The minimum absolute atomic E-state index is 0.0940. The number of aromatic nitrogens is 4. The first kappa shape index (κ1) is 18.5. The fraction of sp³-hybridized carbons (Fsp3) is 0.278. The van der Waals surface area contributed by atoms with Gasteiger partial charge in [0.25, 0.3) is 0 Å². The molecule has 3 aromatic rings. The lowest BCUT2D eigenvalue weighted by molar-refractivity contribution is 0.433. The predicted octanol–water partition coefficient (Wildman–Crippen LogP) is 1.70. The van der Waals surface area contributed by atoms with E-state index in [-0.39, 0.29) is 4.90 Å². The number of hydrogen-bond acceptors (Lipinski definition) is 6. The number of halogens is 1. The lowest BCUT2D eigenvalue weighted by Crippen LogP contribution is -2.35. The third-order valence-corrected chi connectivity index (χ3v) is 6.56. The Balaban J connectivity index is 1.54. The van der Waals surface area contributed by atoms with Crippen molar-refractivity contribution in [1.29, 1.82) is 0 Å². The molecule has 0 aliphatic carbocycles. The van der Waals surface area contributed by atoms with Gasteiger partial charge in [-0.15, -0.1) is 0 Å². The summed E-state index contributed by atoms with van der Waals surface area (Å²) < 4.78 is 41.9. The maximum absolute atomic E-state index is 13.1. The van der Waals surface area contributed by atoms with Crippen LogP contribution in [-0.4, -0.2) is 59.1 Å². The minimum atomic E-state index is -3.68. The summed E-state index contributed by atoms with van der Waals surface area (Å²) in [7, 11) is -3.68. The van der Waals surface area contributed by atoms with E-state index in [1.165, 1.54) is 16.4 Å². The van der Waals surface area contributed by atoms with Gasteiger partial charge in [0.2, 0.25) is 16.0 Å². The highest BCUT2D eigenvalue weighted by molar-refractivity contribution is 7.89. The molecule has 0 amide bonds. The maximum Gasteiger partial charge on any atom is 0.250 e. The largest absolute Gasteiger partial charge is 0.338 e. The van der Waals surface area contributed by atoms with Crippen LogP contribution in [0.15, 0.2) is 59.5 Å². The molecular weight excluding hydrogens is 383 g/mol. The summed E-state index contributed by atoms with van der Waals surface area (Å²) in [6, 6.07) is 14.4. The van der Waals surface area contributed by atoms with Crippen LogP contribution in [0.25, 0.3) is 5.69 Å². The van der Waals surface area contributed by atoms with E-state index in [1.807, 2.05) is 35.2 Å². The number of anilines is 1. The van der Waals surface area contributed by atoms with E-state index >= 15 is 0 Å². The van der Waals surface area contributed by atoms with Gasteiger partial charge in [0.1, 0.15) is 5.82 Å². The van der Waals surface area contributed by atoms with Crippen molar-refractivity contribution in [2.75, 3.05) is 31.1 Å². The molecular formula is C18H19FN6O2S. The Kier molecular flexibility index (Phi) is 5.05. The summed E-state index contributed by atoms with van der Waals surface area (Å²) in [4.78, 5) is 2.07. The van der Waals surface area contributed by atoms with E-state index in [1.54, 1.807) is 4.68 Å². The summed E-state index contributed by atoms with van der Waals surface area (Å²) in [6.45, 7) is 1.75. The monoisotopic (exact) mass is 402 g/mol. The topological polar surface area (TPSA) is 84.2 Å². The van der Waals surface area contributed by atoms with E-state index in [0.717, 1.165) is 17.8 Å². The molecule has 1 fully saturated rings. The molecule has 2 aromatic carbocycles. The molecule has 28 heavy (non-hydrogen) atoms. The van der Waals surface area contributed by atoms with Gasteiger partial charge in [-0.1, -0.05) is 23.3 Å². The number of nitrogens with zero attached hydrogens (tertiary/aromatic N) is 6. The molecule has 0 N–H and O–H groups in total. The van der Waals surface area contributed by atoms with Crippen molar-refractivity contribution in [3.05, 3.63) is 60.4 Å². The van der Waals surface area contributed by atoms with E-state index in [2.05, 4.69) is 15.5 Å². The van der Waals surface area contributed by atoms with Gasteiger partial charge < -0.3 is 4.90 Å². The molecule has 1 aliphatic rings. The maximum atomic E-state index is 13.1. The van der Waals surface area contributed by atoms with Gasteiger partial charge in [-0.25, -0.2) is 12.8 Å². The molecule has 0 bridgehead atoms. The van der Waals surface area contributed by atoms with Crippen molar-refractivity contribution >= 4 is 16.0 Å². The van der Waals surface area contributed by atoms with Gasteiger partial charge in [-0.05, 0) is 53.2 Å². The highest BCUT2D eigenvalue weighted by atomic mass is 32.2. The van der Waals surface area contributed by atoms with Crippen LogP contribution < -0.4 is 4.90 Å². The zero-order chi connectivity index (χ0) is 19.6. The number of rotatable bonds is 4. The summed E-state index contributed by atoms with van der Waals surface area (Å²) in [5.41, 5.74) is 0.836. The average Bonchev–Trinajstić information content (AvgIpc) is 3.06. The molecule has 10 heteroatoms. The Morgan fingerprint density at radius 2 is 1.64 bits per heavy atom. The number of para-hydroxylation sites is 1. The fourth-order valence-corrected chi connectivity index (χ4v) is 4.68. The van der Waals surface area contributed by atoms with Gasteiger partial charge in [-0.3, -0.25) is 0 Å². The van der Waals surface area contributed by atoms with Crippen molar-refractivity contribution in [2.24, 2.45) is 0 Å². The molecule has 0 spiro atoms. The van der Waals surface area contributed by atoms with Gasteiger partial charge in [0, 0.05) is 26.2 Å². The predicted molar refractivity (Wildman–Crippen MR) is 101 cm³/mol. The third kappa shape index (κ3) is 3.60. The Labute approximate surface area is 162 Å². The zero-order valence-corrected chi connectivity index (χ0v) is 15.8. The van der Waals surface area contributed by atoms with Crippen LogP contribution in [0, 0.1) is 5.82 Å². The van der Waals surface area contributed by atoms with Crippen LogP contribution in [0.1, 0.15) is 6.42 Å².